The highest BCUT2D eigenvalue weighted by molar-refractivity contribution is 6.16. The summed E-state index contributed by atoms with van der Waals surface area (Å²) in [6.07, 6.45) is -37.2. The Morgan fingerprint density at radius 3 is 0.815 bits per heavy atom. The minimum absolute atomic E-state index is 0.0146. The predicted molar refractivity (Wildman–Crippen MR) is 462 cm³/mol. The van der Waals surface area contributed by atoms with Crippen LogP contribution in [0.1, 0.15) is 66.8 Å². The van der Waals surface area contributed by atoms with Crippen LogP contribution in [-0.4, -0.2) is 59.7 Å². The highest BCUT2D eigenvalue weighted by atomic mass is 19.4. The molecule has 0 saturated carbocycles. The van der Waals surface area contributed by atoms with E-state index in [1.807, 2.05) is 64.4 Å². The van der Waals surface area contributed by atoms with E-state index in [1.165, 1.54) is 32.9 Å². The van der Waals surface area contributed by atoms with Crippen LogP contribution in [0.5, 0.6) is 34.5 Å². The standard InChI is InChI=1S/C100H77F21N8O6/c1-60-34-61(2)39-80(38-60)130-54-92(55-131-81-40-62(3)35-67(45-81)94(101,102)103,56-132-82-41-63(4)36-68(46-82)95(104,105)106)52-126-122-88-86(65-26-30-78(31-27-65)128(74-18-10-6-11-19-74)75-20-12-7-13-21-75)90-91(87(89(88)123-126)66-28-32-79(33-29-66)129(76-22-14-8-15-23-76)77-24-16-9-17-25-77)125-127(124-90)53-93(57-133-83-42-64(5)37-69(47-83)96(107,108)109,58-134-84-48-70(97(110,111)112)43-71(49-84)98(113,114)115)59-135-85-50-72(99(116,117)118)44-73(51-85)100(119,120)121/h6-51H,52-59H2,1-5H3. The molecule has 0 unspecified atom stereocenters. The average Bonchev–Trinajstić information content (AvgIpc) is 1.57. The van der Waals surface area contributed by atoms with Gasteiger partial charge in [0.05, 0.1) is 50.9 Å². The number of fused-ring (bicyclic) bond motifs is 2. The van der Waals surface area contributed by atoms with E-state index in [4.69, 9.17) is 48.8 Å². The lowest BCUT2D eigenvalue weighted by molar-refractivity contribution is -0.814. The lowest BCUT2D eigenvalue weighted by Crippen LogP contribution is -2.55. The molecule has 700 valence electrons. The fourth-order valence-corrected chi connectivity index (χ4v) is 15.6. The van der Waals surface area contributed by atoms with Crippen LogP contribution in [0.3, 0.4) is 0 Å². The number of rotatable bonds is 30. The zero-order valence-corrected chi connectivity index (χ0v) is 71.7. The summed E-state index contributed by atoms with van der Waals surface area (Å²) in [5.74, 6) is -3.54. The summed E-state index contributed by atoms with van der Waals surface area (Å²) in [5.41, 5.74) is -10.9. The van der Waals surface area contributed by atoms with Gasteiger partial charge in [-0.1, -0.05) is 103 Å². The van der Waals surface area contributed by atoms with Crippen molar-refractivity contribution in [2.45, 2.75) is 90.9 Å². The van der Waals surface area contributed by atoms with Crippen molar-refractivity contribution in [1.82, 2.24) is 25.2 Å². The van der Waals surface area contributed by atoms with Gasteiger partial charge in [-0.2, -0.15) is 122 Å². The molecule has 0 bridgehead atoms. The predicted octanol–water partition coefficient (Wildman–Crippen LogP) is 27.6. The summed E-state index contributed by atoms with van der Waals surface area (Å²) in [6.45, 7) is -0.117. The van der Waals surface area contributed by atoms with Crippen molar-refractivity contribution in [1.29, 1.82) is 0 Å². The second-order valence-electron chi connectivity index (χ2n) is 32.8. The fourth-order valence-electron chi connectivity index (χ4n) is 15.6. The Labute approximate surface area is 757 Å². The fraction of sp³-hybridized carbons (Fsp3) is 0.220. The Morgan fingerprint density at radius 1 is 0.274 bits per heavy atom. The van der Waals surface area contributed by atoms with E-state index in [2.05, 4.69) is 0 Å². The monoisotopic (exact) mass is 1880 g/mol. The third-order valence-corrected chi connectivity index (χ3v) is 21.8. The Hall–Kier alpha value is -14.4. The summed E-state index contributed by atoms with van der Waals surface area (Å²) >= 11 is 0. The molecule has 0 radical (unpaired) electrons. The molecule has 0 aliphatic carbocycles. The largest absolute Gasteiger partial charge is 0.493 e. The van der Waals surface area contributed by atoms with Gasteiger partial charge in [0.15, 0.2) is 6.54 Å². The molecule has 15 aromatic rings. The van der Waals surface area contributed by atoms with Crippen molar-refractivity contribution in [2.75, 3.05) is 49.4 Å². The second-order valence-corrected chi connectivity index (χ2v) is 32.8. The Bertz CT molecular complexity index is 6200. The van der Waals surface area contributed by atoms with E-state index >= 15 is 0 Å². The molecule has 14 nitrogen and oxygen atoms in total. The lowest BCUT2D eigenvalue weighted by atomic mass is 9.90. The lowest BCUT2D eigenvalue weighted by Gasteiger charge is -2.33. The van der Waals surface area contributed by atoms with Crippen molar-refractivity contribution < 1.29 is 125 Å². The molecular formula is C100H77F21N8O6. The van der Waals surface area contributed by atoms with Gasteiger partial charge in [0.25, 0.3) is 0 Å². The van der Waals surface area contributed by atoms with E-state index in [0.717, 1.165) is 39.9 Å². The van der Waals surface area contributed by atoms with Gasteiger partial charge in [-0.15, -0.1) is 0 Å². The van der Waals surface area contributed by atoms with Gasteiger partial charge in [0.2, 0.25) is 0 Å². The van der Waals surface area contributed by atoms with E-state index in [9.17, 15) is 92.2 Å². The Balaban J connectivity index is 1.01. The molecule has 2 heterocycles. The summed E-state index contributed by atoms with van der Waals surface area (Å²) in [5, 5.41) is 20.8. The molecule has 15 rings (SSSR count). The molecule has 0 atom stereocenters. The minimum atomic E-state index is -5.55. The van der Waals surface area contributed by atoms with Crippen LogP contribution in [0.25, 0.3) is 44.3 Å². The number of halogens is 21. The van der Waals surface area contributed by atoms with E-state index < -0.39 is 163 Å². The Kier molecular flexibility index (Phi) is 26.5. The molecule has 0 fully saturated rings. The Morgan fingerprint density at radius 2 is 0.519 bits per heavy atom. The summed E-state index contributed by atoms with van der Waals surface area (Å²) in [4.78, 5) is 5.79. The number of aryl methyl sites for hydroxylation is 5. The third kappa shape index (κ3) is 22.8. The number of ether oxygens (including phenoxy) is 6. The zero-order valence-electron chi connectivity index (χ0n) is 71.7. The van der Waals surface area contributed by atoms with Crippen LogP contribution in [-0.2, 0) is 56.3 Å². The maximum absolute atomic E-state index is 14.9. The molecule has 0 aliphatic rings. The molecule has 35 heteroatoms. The van der Waals surface area contributed by atoms with E-state index in [1.54, 1.807) is 147 Å². The number of para-hydroxylation sites is 4. The minimum Gasteiger partial charge on any atom is -0.493 e. The number of alkyl halides is 21. The first kappa shape index (κ1) is 95.2. The number of hydrogen-bond donors (Lipinski definition) is 0. The van der Waals surface area contributed by atoms with Gasteiger partial charge in [-0.25, -0.2) is 0 Å². The molecule has 0 aliphatic heterocycles. The van der Waals surface area contributed by atoms with Crippen LogP contribution in [0.2, 0.25) is 0 Å². The average molecular weight is 1890 g/mol. The molecule has 135 heavy (non-hydrogen) atoms. The summed E-state index contributed by atoms with van der Waals surface area (Å²) in [6, 6.07) is 63.0. The van der Waals surface area contributed by atoms with Crippen molar-refractivity contribution >= 4 is 56.2 Å². The molecule has 0 N–H and O–H groups in total. The van der Waals surface area contributed by atoms with Crippen molar-refractivity contribution in [3.63, 3.8) is 0 Å². The van der Waals surface area contributed by atoms with Crippen molar-refractivity contribution in [3.8, 4) is 56.8 Å². The van der Waals surface area contributed by atoms with Crippen LogP contribution in [0, 0.1) is 45.4 Å². The molecule has 2 aromatic heterocycles. The van der Waals surface area contributed by atoms with Gasteiger partial charge >= 0.3 is 43.2 Å². The van der Waals surface area contributed by atoms with Gasteiger partial charge in [-0.05, 0) is 249 Å². The number of hydrogen-bond acceptors (Lipinski definition) is 11. The van der Waals surface area contributed by atoms with Gasteiger partial charge in [-0.3, -0.25) is 0 Å². The molecule has 0 saturated heterocycles. The maximum Gasteiger partial charge on any atom is 0.416 e. The van der Waals surface area contributed by atoms with Crippen molar-refractivity contribution in [3.05, 3.63) is 346 Å². The van der Waals surface area contributed by atoms with Gasteiger partial charge in [0.1, 0.15) is 90.6 Å². The zero-order chi connectivity index (χ0) is 96.5. The molecule has 0 amide bonds. The van der Waals surface area contributed by atoms with Crippen LogP contribution >= 0.6 is 0 Å². The molecular weight excluding hydrogens is 1810 g/mol. The van der Waals surface area contributed by atoms with Crippen LogP contribution < -0.4 is 48.1 Å². The smallest absolute Gasteiger partial charge is 0.416 e. The number of aromatic nitrogens is 6. The number of anilines is 6. The maximum atomic E-state index is 14.9. The van der Waals surface area contributed by atoms with Crippen LogP contribution in [0.4, 0.5) is 126 Å². The molecule has 0 spiro atoms. The second kappa shape index (κ2) is 37.6. The SMILES string of the molecule is Cc1cc(C)cc(OCC(COc2cc(C)cc(C(F)(F)F)c2)(COc2cc(C)cc(C(F)(F)F)c2)Cn2nc3c(-c4ccc(N(c5ccccc5)c5ccccc5)cc4)c4n[n+](CC(COc5cc(C)cc(C(F)(F)F)c5)(COc5cc(C(F)(F)F)cc(C(F)(F)F)c5)COc5cc(C(F)(F)F)cc(C(F)(F)F)c5)[n-]c4c(-c4ccc(N(c5ccccc5)c5ccccc5)cc4)c3n2)c1. The summed E-state index contributed by atoms with van der Waals surface area (Å²) in [7, 11) is 0. The number of benzene rings is 13. The summed E-state index contributed by atoms with van der Waals surface area (Å²) < 4.78 is 350. The topological polar surface area (TPSA) is 123 Å². The van der Waals surface area contributed by atoms with E-state index in [-0.39, 0.29) is 115 Å². The van der Waals surface area contributed by atoms with E-state index in [0.29, 0.717) is 57.4 Å². The normalized spacial score (nSPS) is 12.6. The number of nitrogens with zero attached hydrogens (tertiary/aromatic N) is 8. The highest BCUT2D eigenvalue weighted by Gasteiger charge is 2.46. The van der Waals surface area contributed by atoms with Crippen molar-refractivity contribution in [2.24, 2.45) is 10.8 Å². The quantitative estimate of drug-likeness (QED) is 0.0314. The van der Waals surface area contributed by atoms with Gasteiger partial charge < -0.3 is 38.2 Å². The third-order valence-electron chi connectivity index (χ3n) is 21.8. The molecule has 13 aromatic carbocycles. The first-order valence-electron chi connectivity index (χ1n) is 41.4. The first-order valence-corrected chi connectivity index (χ1v) is 41.4. The van der Waals surface area contributed by atoms with Gasteiger partial charge in [0, 0.05) is 56.3 Å². The highest BCUT2D eigenvalue weighted by Crippen LogP contribution is 2.48. The first-order chi connectivity index (χ1) is 63.7. The van der Waals surface area contributed by atoms with Crippen LogP contribution in [0.15, 0.2) is 279 Å².